The normalized spacial score (nSPS) is 15.8. The second-order valence-electron chi connectivity index (χ2n) is 27.5. The average Bonchev–Trinajstić information content (AvgIpc) is 0.748. The number of unbranched alkanes of at least 4 members (excludes halogenated alkanes) is 2. The Bertz CT molecular complexity index is 3040. The number of carbonyl (C=O) groups is 16. The van der Waals surface area contributed by atoms with Crippen LogP contribution in [0.2, 0.25) is 10.1 Å². The zero-order chi connectivity index (χ0) is 77.2. The molecule has 0 radical (unpaired) electrons. The van der Waals surface area contributed by atoms with Crippen molar-refractivity contribution in [3.63, 3.8) is 0 Å². The van der Waals surface area contributed by atoms with Crippen molar-refractivity contribution in [1.29, 1.82) is 0 Å². The van der Waals surface area contributed by atoms with Crippen molar-refractivity contribution < 1.29 is 127 Å². The van der Waals surface area contributed by atoms with Crippen LogP contribution in [0, 0.1) is 11.8 Å². The lowest BCUT2D eigenvalue weighted by Crippen LogP contribution is -2.58. The molecule has 1 saturated heterocycles. The van der Waals surface area contributed by atoms with Crippen LogP contribution in [0.1, 0.15) is 161 Å². The van der Waals surface area contributed by atoms with Crippen molar-refractivity contribution in [2.45, 2.75) is 185 Å². The lowest BCUT2D eigenvalue weighted by Gasteiger charge is -2.44. The number of carbonyl (C=O) groups excluding carboxylic acids is 7. The quantitative estimate of drug-likeness (QED) is 0.0246. The number of Topliss-reactive ketones (excluding diaryl/α,β-unsaturated/α-hetero) is 2. The SMILES string of the molecule is CC(C)(C)[Si](F)(c1ccc(C(=O)N[C@@H](CNC(=O)CC[C@H](C(=O)O)N2CCN(CC(=O)O)CCN(CC(=O)O)CCN(CC(=O)O)CC2)C(=O)N[C@@H](CCCCNC(=O)CCC(=O)CCCC[C@H](NC(=O)CC[C@H](CC(=O)C[C@@H](CCC(=O)O)C(=O)O)C(=O)O)C(=O)O)C(=O)O)cc1)C(C)(C)C. The van der Waals surface area contributed by atoms with Crippen molar-refractivity contribution in [3.05, 3.63) is 29.8 Å². The Morgan fingerprint density at radius 2 is 0.873 bits per heavy atom. The van der Waals surface area contributed by atoms with Gasteiger partial charge in [0.1, 0.15) is 35.7 Å². The van der Waals surface area contributed by atoms with Crippen LogP contribution in [0.3, 0.4) is 0 Å². The van der Waals surface area contributed by atoms with Crippen molar-refractivity contribution in [2.75, 3.05) is 85.1 Å². The molecule has 1 aliphatic heterocycles. The second kappa shape index (κ2) is 43.8. The molecule has 0 saturated carbocycles. The van der Waals surface area contributed by atoms with E-state index in [-0.39, 0.29) is 141 Å². The smallest absolute Gasteiger partial charge is 0.326 e. The van der Waals surface area contributed by atoms with Crippen LogP contribution in [-0.4, -0.2) is 278 Å². The molecule has 2 rings (SSSR count). The number of nitrogens with zero attached hydrogens (tertiary/aromatic N) is 4. The van der Waals surface area contributed by atoms with Gasteiger partial charge in [0.05, 0.1) is 31.5 Å². The third-order valence-corrected chi connectivity index (χ3v) is 22.7. The van der Waals surface area contributed by atoms with Gasteiger partial charge in [-0.15, -0.1) is 0 Å². The number of nitrogens with one attached hydrogen (secondary N) is 5. The van der Waals surface area contributed by atoms with Gasteiger partial charge in [-0.05, 0) is 78.8 Å². The molecule has 0 aliphatic carbocycles. The Labute approximate surface area is 591 Å². The first-order chi connectivity index (χ1) is 47.5. The zero-order valence-electron chi connectivity index (χ0n) is 58.7. The molecule has 14 N–H and O–H groups in total. The summed E-state index contributed by atoms with van der Waals surface area (Å²) >= 11 is 0. The first kappa shape index (κ1) is 89.2. The molecule has 1 heterocycles. The highest BCUT2D eigenvalue weighted by molar-refractivity contribution is 6.90. The highest BCUT2D eigenvalue weighted by Gasteiger charge is 2.56. The lowest BCUT2D eigenvalue weighted by atomic mass is 9.90. The lowest BCUT2D eigenvalue weighted by molar-refractivity contribution is -0.147. The van der Waals surface area contributed by atoms with Crippen molar-refractivity contribution in [3.8, 4) is 0 Å². The highest BCUT2D eigenvalue weighted by Crippen LogP contribution is 2.51. The number of carboxylic acids is 9. The number of hydrogen-bond acceptors (Lipinski definition) is 20. The Morgan fingerprint density at radius 3 is 1.31 bits per heavy atom. The van der Waals surface area contributed by atoms with Crippen LogP contribution in [0.4, 0.5) is 4.11 Å². The third kappa shape index (κ3) is 33.3. The Kier molecular flexibility index (Phi) is 38.3. The molecule has 0 aromatic heterocycles. The van der Waals surface area contributed by atoms with E-state index >= 15 is 4.11 Å². The van der Waals surface area contributed by atoms with E-state index in [1.54, 1.807) is 41.5 Å². The molecule has 5 amide bonds. The van der Waals surface area contributed by atoms with Crippen LogP contribution in [0.5, 0.6) is 0 Å². The molecule has 102 heavy (non-hydrogen) atoms. The van der Waals surface area contributed by atoms with E-state index < -0.39 is 208 Å². The molecule has 0 unspecified atom stereocenters. The van der Waals surface area contributed by atoms with E-state index in [4.69, 9.17) is 5.11 Å². The molecular weight excluding hydrogens is 1370 g/mol. The zero-order valence-corrected chi connectivity index (χ0v) is 59.7. The Hall–Kier alpha value is -8.87. The Morgan fingerprint density at radius 1 is 0.431 bits per heavy atom. The standard InChI is InChI=1S/C66H102FN9O25Si/c1-65(2,3)102(67,66(4,5)6)46-19-14-41(15-20-46)58(90)72-49(37-69-52(80)24-21-50(64(100)101)76-33-31-74(39-56(86)87)29-27-73(38-55(84)85)28-30-75(32-34-76)40-57(88)89)59(91)71-48(63(98)99)13-9-10-26-68-51(79)23-18-44(77)11-7-8-12-47(62(96)97)70-53(81)22-16-42(60(92)93)35-45(78)36-43(61(94)95)17-25-54(82)83/h14-15,19-20,42-43,47-50H,7-13,16-18,21-40H2,1-6H3,(H,68,79)(H,69,80)(H,70,81)(H,71,91)(H,72,90)(H,82,83)(H,84,85)(H,86,87)(H,88,89)(H,92,93)(H,94,95)(H,96,97)(H,98,99)(H,100,101)/t42-,43-,47+,48+,49+,50-/m1/s1. The van der Waals surface area contributed by atoms with Gasteiger partial charge in [-0.25, -0.2) is 9.59 Å². The van der Waals surface area contributed by atoms with Crippen LogP contribution >= 0.6 is 0 Å². The number of ketones is 2. The van der Waals surface area contributed by atoms with Crippen LogP contribution in [0.25, 0.3) is 0 Å². The van der Waals surface area contributed by atoms with Gasteiger partial charge in [0.2, 0.25) is 23.6 Å². The molecule has 0 spiro atoms. The number of rotatable bonds is 46. The highest BCUT2D eigenvalue weighted by atomic mass is 28.4. The molecular formula is C66H102FN9O25Si. The number of carboxylic acid groups (broad SMARTS) is 9. The fraction of sp³-hybridized carbons (Fsp3) is 0.667. The molecule has 1 aromatic carbocycles. The summed E-state index contributed by atoms with van der Waals surface area (Å²) in [5, 5.41) is 98.2. The first-order valence-corrected chi connectivity index (χ1v) is 35.6. The molecule has 1 aliphatic rings. The predicted molar refractivity (Wildman–Crippen MR) is 362 cm³/mol. The summed E-state index contributed by atoms with van der Waals surface area (Å²) in [5.41, 5.74) is -0.0282. The maximum atomic E-state index is 17.2. The van der Waals surface area contributed by atoms with Crippen molar-refractivity contribution in [1.82, 2.24) is 46.2 Å². The predicted octanol–water partition coefficient (Wildman–Crippen LogP) is 1.06. The molecule has 34 nitrogen and oxygen atoms in total. The summed E-state index contributed by atoms with van der Waals surface area (Å²) in [6.45, 7) is 8.74. The largest absolute Gasteiger partial charge is 0.481 e. The summed E-state index contributed by atoms with van der Waals surface area (Å²) in [6.07, 6.45) is -4.24. The average molecular weight is 1470 g/mol. The number of hydrogen-bond donors (Lipinski definition) is 14. The van der Waals surface area contributed by atoms with Crippen LogP contribution in [-0.2, 0) is 71.9 Å². The maximum absolute atomic E-state index is 17.2. The summed E-state index contributed by atoms with van der Waals surface area (Å²) in [4.78, 5) is 205. The number of benzene rings is 1. The van der Waals surface area contributed by atoms with Gasteiger partial charge < -0.3 is 76.7 Å². The number of halogens is 1. The summed E-state index contributed by atoms with van der Waals surface area (Å²) in [6, 6.07) is -0.401. The second-order valence-corrected chi connectivity index (χ2v) is 32.4. The minimum Gasteiger partial charge on any atom is -0.481 e. The number of aliphatic carboxylic acids is 9. The third-order valence-electron chi connectivity index (χ3n) is 17.4. The van der Waals surface area contributed by atoms with E-state index in [1.165, 1.54) is 43.9 Å². The van der Waals surface area contributed by atoms with Crippen molar-refractivity contribution in [2.24, 2.45) is 11.8 Å². The minimum absolute atomic E-state index is 0.0109. The fourth-order valence-corrected chi connectivity index (χ4v) is 16.6. The summed E-state index contributed by atoms with van der Waals surface area (Å²) in [5.74, 6) is -20.1. The van der Waals surface area contributed by atoms with Gasteiger partial charge in [0, 0.05) is 122 Å². The van der Waals surface area contributed by atoms with E-state index in [2.05, 4.69) is 26.6 Å². The maximum Gasteiger partial charge on any atom is 0.326 e. The van der Waals surface area contributed by atoms with E-state index in [9.17, 15) is 118 Å². The van der Waals surface area contributed by atoms with Gasteiger partial charge in [-0.3, -0.25) is 86.7 Å². The van der Waals surface area contributed by atoms with Gasteiger partial charge in [-0.2, -0.15) is 0 Å². The van der Waals surface area contributed by atoms with Gasteiger partial charge >= 0.3 is 53.7 Å². The topological polar surface area (TPSA) is 528 Å². The molecule has 0 bridgehead atoms. The molecule has 36 heteroatoms. The molecule has 572 valence electrons. The summed E-state index contributed by atoms with van der Waals surface area (Å²) < 4.78 is 17.2. The van der Waals surface area contributed by atoms with E-state index in [0.717, 1.165) is 0 Å². The van der Waals surface area contributed by atoms with Crippen LogP contribution in [0.15, 0.2) is 24.3 Å². The van der Waals surface area contributed by atoms with Gasteiger partial charge in [0.25, 0.3) is 14.3 Å². The minimum atomic E-state index is -3.81. The Balaban J connectivity index is 2.13. The monoisotopic (exact) mass is 1470 g/mol. The molecule has 6 atom stereocenters. The van der Waals surface area contributed by atoms with Crippen LogP contribution < -0.4 is 31.8 Å². The molecule has 1 fully saturated rings. The fourth-order valence-electron chi connectivity index (χ4n) is 12.0. The van der Waals surface area contributed by atoms with E-state index in [1.807, 2.05) is 0 Å². The number of amides is 5. The summed E-state index contributed by atoms with van der Waals surface area (Å²) in [7, 11) is -3.81. The first-order valence-electron chi connectivity index (χ1n) is 33.7. The van der Waals surface area contributed by atoms with E-state index in [0.29, 0.717) is 5.19 Å². The van der Waals surface area contributed by atoms with Crippen molar-refractivity contribution >= 4 is 108 Å². The van der Waals surface area contributed by atoms with Gasteiger partial charge in [-0.1, -0.05) is 60.1 Å². The molecule has 1 aromatic rings. The van der Waals surface area contributed by atoms with Gasteiger partial charge in [0.15, 0.2) is 0 Å².